The van der Waals surface area contributed by atoms with Crippen LogP contribution in [0.2, 0.25) is 0 Å². The summed E-state index contributed by atoms with van der Waals surface area (Å²) < 4.78 is 7.20. The molecule has 0 atom stereocenters. The lowest BCUT2D eigenvalue weighted by atomic mass is 9.97. The van der Waals surface area contributed by atoms with Gasteiger partial charge in [-0.05, 0) is 29.2 Å². The Kier molecular flexibility index (Phi) is 4.41. The zero-order valence-electron chi connectivity index (χ0n) is 14.0. The lowest BCUT2D eigenvalue weighted by Gasteiger charge is -2.27. The molecule has 124 valence electrons. The molecular formula is C18H24N2O3. The number of aromatic carboxylic acids is 1. The minimum Gasteiger partial charge on any atom is -0.477 e. The number of carboxylic acids is 1. The maximum atomic E-state index is 11.4. The summed E-state index contributed by atoms with van der Waals surface area (Å²) in [6.07, 6.45) is 0. The summed E-state index contributed by atoms with van der Waals surface area (Å²) in [4.78, 5) is 13.8. The molecule has 0 saturated carbocycles. The van der Waals surface area contributed by atoms with Gasteiger partial charge in [-0.2, -0.15) is 0 Å². The van der Waals surface area contributed by atoms with Crippen LogP contribution in [0.25, 0.3) is 10.9 Å². The summed E-state index contributed by atoms with van der Waals surface area (Å²) in [6, 6.07) is 6.14. The van der Waals surface area contributed by atoms with Crippen LogP contribution in [-0.2, 0) is 18.3 Å². The molecule has 5 nitrogen and oxygen atoms in total. The number of aromatic nitrogens is 1. The summed E-state index contributed by atoms with van der Waals surface area (Å²) in [6.45, 7) is 8.66. The molecule has 5 heteroatoms. The first-order chi connectivity index (χ1) is 11.0. The number of fused-ring (bicyclic) bond motifs is 1. The van der Waals surface area contributed by atoms with Crippen molar-refractivity contribution in [2.24, 2.45) is 7.05 Å². The molecule has 1 aromatic carbocycles. The van der Waals surface area contributed by atoms with Crippen LogP contribution in [0.15, 0.2) is 18.2 Å². The van der Waals surface area contributed by atoms with Crippen molar-refractivity contribution in [3.63, 3.8) is 0 Å². The zero-order chi connectivity index (χ0) is 16.6. The predicted molar refractivity (Wildman–Crippen MR) is 90.1 cm³/mol. The Morgan fingerprint density at radius 3 is 2.57 bits per heavy atom. The Balaban J connectivity index is 2.05. The van der Waals surface area contributed by atoms with Crippen LogP contribution in [0.1, 0.15) is 41.4 Å². The van der Waals surface area contributed by atoms with Crippen molar-refractivity contribution in [2.45, 2.75) is 26.3 Å². The maximum Gasteiger partial charge on any atom is 0.352 e. The maximum absolute atomic E-state index is 11.4. The van der Waals surface area contributed by atoms with E-state index in [4.69, 9.17) is 4.74 Å². The monoisotopic (exact) mass is 316 g/mol. The Bertz CT molecular complexity index is 727. The Morgan fingerprint density at radius 1 is 1.26 bits per heavy atom. The van der Waals surface area contributed by atoms with Crippen LogP contribution in [0, 0.1) is 0 Å². The van der Waals surface area contributed by atoms with Gasteiger partial charge in [0.05, 0.1) is 18.7 Å². The first-order valence-corrected chi connectivity index (χ1v) is 8.13. The van der Waals surface area contributed by atoms with Crippen LogP contribution >= 0.6 is 0 Å². The van der Waals surface area contributed by atoms with Crippen LogP contribution in [-0.4, -0.2) is 46.8 Å². The van der Waals surface area contributed by atoms with Gasteiger partial charge in [-0.1, -0.05) is 19.9 Å². The van der Waals surface area contributed by atoms with Gasteiger partial charge in [-0.3, -0.25) is 4.90 Å². The molecule has 1 aromatic heterocycles. The van der Waals surface area contributed by atoms with Crippen LogP contribution in [0.4, 0.5) is 0 Å². The number of carbonyl (C=O) groups is 1. The molecule has 0 spiro atoms. The number of hydrogen-bond donors (Lipinski definition) is 1. The summed E-state index contributed by atoms with van der Waals surface area (Å²) in [5.74, 6) is -0.537. The third kappa shape index (κ3) is 3.12. The second-order valence-electron chi connectivity index (χ2n) is 6.56. The third-order valence-corrected chi connectivity index (χ3v) is 4.57. The van der Waals surface area contributed by atoms with Gasteiger partial charge in [-0.15, -0.1) is 0 Å². The number of benzene rings is 1. The second-order valence-corrected chi connectivity index (χ2v) is 6.56. The van der Waals surface area contributed by atoms with E-state index in [0.29, 0.717) is 11.6 Å². The molecule has 2 aromatic rings. The molecule has 23 heavy (non-hydrogen) atoms. The summed E-state index contributed by atoms with van der Waals surface area (Å²) in [5.41, 5.74) is 3.82. The fraction of sp³-hybridized carbons (Fsp3) is 0.500. The van der Waals surface area contributed by atoms with Gasteiger partial charge in [-0.25, -0.2) is 4.79 Å². The highest BCUT2D eigenvalue weighted by Gasteiger charge is 2.18. The molecule has 1 fully saturated rings. The van der Waals surface area contributed by atoms with E-state index >= 15 is 0 Å². The Morgan fingerprint density at radius 2 is 1.96 bits per heavy atom. The van der Waals surface area contributed by atoms with Crippen molar-refractivity contribution in [2.75, 3.05) is 26.3 Å². The number of rotatable bonds is 4. The fourth-order valence-electron chi connectivity index (χ4n) is 3.36. The topological polar surface area (TPSA) is 54.7 Å². The summed E-state index contributed by atoms with van der Waals surface area (Å²) in [7, 11) is 1.83. The lowest BCUT2D eigenvalue weighted by molar-refractivity contribution is 0.0342. The number of ether oxygens (including phenoxy) is 1. The minimum absolute atomic E-state index is 0.338. The van der Waals surface area contributed by atoms with Crippen molar-refractivity contribution in [1.82, 2.24) is 9.47 Å². The van der Waals surface area contributed by atoms with Crippen molar-refractivity contribution in [1.29, 1.82) is 0 Å². The van der Waals surface area contributed by atoms with E-state index in [1.165, 1.54) is 11.1 Å². The summed E-state index contributed by atoms with van der Waals surface area (Å²) in [5, 5.41) is 10.4. The fourth-order valence-corrected chi connectivity index (χ4v) is 3.36. The number of nitrogens with zero attached hydrogens (tertiary/aromatic N) is 2. The van der Waals surface area contributed by atoms with Crippen molar-refractivity contribution >= 4 is 16.9 Å². The summed E-state index contributed by atoms with van der Waals surface area (Å²) >= 11 is 0. The highest BCUT2D eigenvalue weighted by Crippen LogP contribution is 2.30. The van der Waals surface area contributed by atoms with E-state index in [-0.39, 0.29) is 0 Å². The molecule has 0 radical (unpaired) electrons. The van der Waals surface area contributed by atoms with E-state index in [9.17, 15) is 9.90 Å². The smallest absolute Gasteiger partial charge is 0.352 e. The Labute approximate surface area is 136 Å². The van der Waals surface area contributed by atoms with Crippen molar-refractivity contribution in [3.05, 3.63) is 35.0 Å². The minimum atomic E-state index is -0.881. The molecule has 1 aliphatic rings. The number of morpholine rings is 1. The average Bonchev–Trinajstić information content (AvgIpc) is 2.85. The van der Waals surface area contributed by atoms with Crippen LogP contribution in [0.5, 0.6) is 0 Å². The van der Waals surface area contributed by atoms with Gasteiger partial charge in [0.1, 0.15) is 5.69 Å². The average molecular weight is 316 g/mol. The van der Waals surface area contributed by atoms with Crippen molar-refractivity contribution in [3.8, 4) is 0 Å². The lowest BCUT2D eigenvalue weighted by Crippen LogP contribution is -2.35. The number of hydrogen-bond acceptors (Lipinski definition) is 3. The predicted octanol–water partition coefficient (Wildman–Crippen LogP) is 2.83. The Hall–Kier alpha value is -1.85. The first-order valence-electron chi connectivity index (χ1n) is 8.13. The van der Waals surface area contributed by atoms with Gasteiger partial charge in [0.15, 0.2) is 0 Å². The molecule has 0 unspecified atom stereocenters. The van der Waals surface area contributed by atoms with Crippen LogP contribution < -0.4 is 0 Å². The molecule has 1 aliphatic heterocycles. The molecule has 0 amide bonds. The normalized spacial score (nSPS) is 16.3. The van der Waals surface area contributed by atoms with E-state index in [0.717, 1.165) is 43.8 Å². The molecule has 0 bridgehead atoms. The standard InChI is InChI=1S/C18H24N2O3/c1-12(2)15-9-13(11-20-4-6-23-7-5-20)8-14-10-16(18(21)22)19(3)17(14)15/h8-10,12H,4-7,11H2,1-3H3,(H,21,22). The van der Waals surface area contributed by atoms with Gasteiger partial charge in [0.25, 0.3) is 0 Å². The molecule has 3 rings (SSSR count). The largest absolute Gasteiger partial charge is 0.477 e. The quantitative estimate of drug-likeness (QED) is 0.942. The van der Waals surface area contributed by atoms with Gasteiger partial charge in [0.2, 0.25) is 0 Å². The van der Waals surface area contributed by atoms with E-state index in [1.807, 2.05) is 7.05 Å². The highest BCUT2D eigenvalue weighted by molar-refractivity contribution is 5.96. The third-order valence-electron chi connectivity index (χ3n) is 4.57. The molecular weight excluding hydrogens is 292 g/mol. The molecule has 2 heterocycles. The van der Waals surface area contributed by atoms with Gasteiger partial charge < -0.3 is 14.4 Å². The zero-order valence-corrected chi connectivity index (χ0v) is 14.0. The van der Waals surface area contributed by atoms with Crippen LogP contribution in [0.3, 0.4) is 0 Å². The van der Waals surface area contributed by atoms with E-state index < -0.39 is 5.97 Å². The number of aryl methyl sites for hydroxylation is 1. The second kappa shape index (κ2) is 6.34. The van der Waals surface area contributed by atoms with Gasteiger partial charge >= 0.3 is 5.97 Å². The van der Waals surface area contributed by atoms with Gasteiger partial charge in [0, 0.05) is 32.1 Å². The molecule has 1 saturated heterocycles. The number of carboxylic acid groups (broad SMARTS) is 1. The van der Waals surface area contributed by atoms with Crippen molar-refractivity contribution < 1.29 is 14.6 Å². The SMILES string of the molecule is CC(C)c1cc(CN2CCOCC2)cc2cc(C(=O)O)n(C)c12. The van der Waals surface area contributed by atoms with E-state index in [2.05, 4.69) is 30.9 Å². The molecule has 1 N–H and O–H groups in total. The highest BCUT2D eigenvalue weighted by atomic mass is 16.5. The first kappa shape index (κ1) is 16.0. The van der Waals surface area contributed by atoms with E-state index in [1.54, 1.807) is 10.6 Å². The molecule has 0 aliphatic carbocycles.